The third-order valence-electron chi connectivity index (χ3n) is 3.46. The molecule has 0 spiro atoms. The summed E-state index contributed by atoms with van der Waals surface area (Å²) in [6, 6.07) is 8.75. The molecule has 0 bridgehead atoms. The number of anilines is 1. The highest BCUT2D eigenvalue weighted by Crippen LogP contribution is 2.25. The largest absolute Gasteiger partial charge is 0.403 e. The first-order valence-electron chi connectivity index (χ1n) is 7.57. The van der Waals surface area contributed by atoms with Gasteiger partial charge in [0, 0.05) is 22.6 Å². The van der Waals surface area contributed by atoms with Crippen molar-refractivity contribution < 1.29 is 14.1 Å². The molecule has 0 aliphatic rings. The zero-order valence-corrected chi connectivity index (χ0v) is 14.7. The summed E-state index contributed by atoms with van der Waals surface area (Å²) in [6.45, 7) is 3.93. The molecule has 3 rings (SSSR count). The van der Waals surface area contributed by atoms with Gasteiger partial charge in [-0.3, -0.25) is 20.2 Å². The smallest absolute Gasteiger partial charge is 0.324 e. The molecule has 9 heteroatoms. The normalized spacial score (nSPS) is 11.0. The lowest BCUT2D eigenvalue weighted by Gasteiger charge is -2.01. The van der Waals surface area contributed by atoms with E-state index in [4.69, 9.17) is 4.42 Å². The Hall–Kier alpha value is -3.33. The maximum Gasteiger partial charge on any atom is 0.324 e. The predicted molar refractivity (Wildman–Crippen MR) is 97.8 cm³/mol. The summed E-state index contributed by atoms with van der Waals surface area (Å²) in [4.78, 5) is 22.7. The number of benzene rings is 1. The van der Waals surface area contributed by atoms with Crippen molar-refractivity contribution in [3.05, 3.63) is 62.5 Å². The number of hydrogen-bond donors (Lipinski definition) is 1. The Balaban J connectivity index is 1.67. The van der Waals surface area contributed by atoms with Crippen molar-refractivity contribution in [2.75, 3.05) is 5.32 Å². The topological polar surface area (TPSA) is 111 Å². The van der Waals surface area contributed by atoms with Crippen LogP contribution in [0.3, 0.4) is 0 Å². The van der Waals surface area contributed by atoms with Gasteiger partial charge in [-0.2, -0.15) is 0 Å². The van der Waals surface area contributed by atoms with Gasteiger partial charge in [0.15, 0.2) is 0 Å². The molecule has 2 aromatic heterocycles. The number of rotatable bonds is 5. The highest BCUT2D eigenvalue weighted by Gasteiger charge is 2.12. The number of nitrogens with zero attached hydrogens (tertiary/aromatic N) is 3. The number of amides is 1. The fourth-order valence-electron chi connectivity index (χ4n) is 2.27. The summed E-state index contributed by atoms with van der Waals surface area (Å²) in [5.41, 5.74) is 2.91. The van der Waals surface area contributed by atoms with Gasteiger partial charge in [-0.1, -0.05) is 34.1 Å². The van der Waals surface area contributed by atoms with Gasteiger partial charge in [-0.05, 0) is 37.6 Å². The summed E-state index contributed by atoms with van der Waals surface area (Å²) in [6.07, 6.45) is 2.73. The molecule has 0 saturated heterocycles. The zero-order valence-electron chi connectivity index (χ0n) is 13.9. The summed E-state index contributed by atoms with van der Waals surface area (Å²) in [5.74, 6) is -0.160. The van der Waals surface area contributed by atoms with Crippen LogP contribution in [0.15, 0.2) is 40.8 Å². The minimum Gasteiger partial charge on any atom is -0.403 e. The fourth-order valence-corrected chi connectivity index (χ4v) is 3.00. The first-order chi connectivity index (χ1) is 12.4. The minimum absolute atomic E-state index is 0.0140. The number of nitro groups is 1. The van der Waals surface area contributed by atoms with Gasteiger partial charge in [0.2, 0.25) is 5.89 Å². The Morgan fingerprint density at radius 2 is 2.08 bits per heavy atom. The number of hydrogen-bond acceptors (Lipinski definition) is 7. The van der Waals surface area contributed by atoms with Crippen LogP contribution >= 0.6 is 11.3 Å². The zero-order chi connectivity index (χ0) is 18.7. The van der Waals surface area contributed by atoms with E-state index in [2.05, 4.69) is 15.5 Å². The molecular weight excluding hydrogens is 356 g/mol. The van der Waals surface area contributed by atoms with Gasteiger partial charge in [0.05, 0.1) is 4.92 Å². The minimum atomic E-state index is -0.477. The Labute approximate surface area is 152 Å². The number of carbonyl (C=O) groups excluding carboxylic acids is 1. The average molecular weight is 370 g/mol. The van der Waals surface area contributed by atoms with Gasteiger partial charge in [-0.15, -0.1) is 5.10 Å². The molecule has 1 aromatic carbocycles. The van der Waals surface area contributed by atoms with Crippen LogP contribution in [0.5, 0.6) is 0 Å². The monoisotopic (exact) mass is 370 g/mol. The summed E-state index contributed by atoms with van der Waals surface area (Å²) >= 11 is 0.976. The Morgan fingerprint density at radius 3 is 2.77 bits per heavy atom. The van der Waals surface area contributed by atoms with Crippen molar-refractivity contribution in [2.24, 2.45) is 0 Å². The third kappa shape index (κ3) is 4.01. The molecule has 0 aliphatic heterocycles. The van der Waals surface area contributed by atoms with Gasteiger partial charge in [0.25, 0.3) is 5.91 Å². The summed E-state index contributed by atoms with van der Waals surface area (Å²) in [5, 5.41) is 20.9. The molecule has 1 N–H and O–H groups in total. The van der Waals surface area contributed by atoms with E-state index in [1.165, 1.54) is 18.2 Å². The number of nitrogens with one attached hydrogen (secondary N) is 1. The van der Waals surface area contributed by atoms with Crippen molar-refractivity contribution in [1.82, 2.24) is 10.2 Å². The van der Waals surface area contributed by atoms with Crippen molar-refractivity contribution in [2.45, 2.75) is 13.8 Å². The van der Waals surface area contributed by atoms with E-state index < -0.39 is 10.8 Å². The lowest BCUT2D eigenvalue weighted by Crippen LogP contribution is -2.07. The molecule has 26 heavy (non-hydrogen) atoms. The Morgan fingerprint density at radius 1 is 1.27 bits per heavy atom. The second-order valence-electron chi connectivity index (χ2n) is 5.49. The van der Waals surface area contributed by atoms with Crippen LogP contribution in [-0.4, -0.2) is 21.0 Å². The number of aromatic nitrogens is 2. The highest BCUT2D eigenvalue weighted by atomic mass is 32.1. The van der Waals surface area contributed by atoms with E-state index in [9.17, 15) is 14.9 Å². The van der Waals surface area contributed by atoms with Gasteiger partial charge in [0.1, 0.15) is 0 Å². The average Bonchev–Trinajstić information content (AvgIpc) is 3.22. The molecule has 0 fully saturated rings. The lowest BCUT2D eigenvalue weighted by molar-refractivity contribution is -0.380. The summed E-state index contributed by atoms with van der Waals surface area (Å²) < 4.78 is 5.47. The van der Waals surface area contributed by atoms with E-state index in [0.717, 1.165) is 28.0 Å². The van der Waals surface area contributed by atoms with E-state index in [0.29, 0.717) is 10.8 Å². The molecule has 0 atom stereocenters. The molecule has 0 saturated carbocycles. The molecule has 3 aromatic rings. The van der Waals surface area contributed by atoms with Crippen molar-refractivity contribution >= 4 is 34.3 Å². The number of aryl methyl sites for hydroxylation is 2. The predicted octanol–water partition coefficient (Wildman–Crippen LogP) is 3.98. The van der Waals surface area contributed by atoms with Gasteiger partial charge >= 0.3 is 11.0 Å². The molecule has 8 nitrogen and oxygen atoms in total. The summed E-state index contributed by atoms with van der Waals surface area (Å²) in [7, 11) is 0. The molecule has 0 radical (unpaired) electrons. The number of thiophene rings is 1. The van der Waals surface area contributed by atoms with Gasteiger partial charge < -0.3 is 4.42 Å². The van der Waals surface area contributed by atoms with E-state index in [1.54, 1.807) is 6.07 Å². The molecule has 132 valence electrons. The molecule has 2 heterocycles. The highest BCUT2D eigenvalue weighted by molar-refractivity contribution is 7.16. The lowest BCUT2D eigenvalue weighted by atomic mass is 10.1. The fraction of sp³-hybridized carbons (Fsp3) is 0.118. The Kier molecular flexibility index (Phi) is 4.90. The first kappa shape index (κ1) is 17.5. The Bertz CT molecular complexity index is 1010. The van der Waals surface area contributed by atoms with Crippen LogP contribution < -0.4 is 5.32 Å². The van der Waals surface area contributed by atoms with Crippen LogP contribution in [-0.2, 0) is 4.79 Å². The van der Waals surface area contributed by atoms with E-state index >= 15 is 0 Å². The van der Waals surface area contributed by atoms with E-state index in [1.807, 2.05) is 32.0 Å². The van der Waals surface area contributed by atoms with Crippen LogP contribution in [0.25, 0.3) is 17.5 Å². The molecule has 0 aliphatic carbocycles. The maximum absolute atomic E-state index is 11.9. The van der Waals surface area contributed by atoms with Crippen LogP contribution in [0.2, 0.25) is 0 Å². The molecule has 0 unspecified atom stereocenters. The van der Waals surface area contributed by atoms with Crippen LogP contribution in [0.4, 0.5) is 11.0 Å². The van der Waals surface area contributed by atoms with Gasteiger partial charge in [-0.25, -0.2) is 0 Å². The number of carbonyl (C=O) groups is 1. The van der Waals surface area contributed by atoms with Crippen molar-refractivity contribution in [1.29, 1.82) is 0 Å². The van der Waals surface area contributed by atoms with Crippen molar-refractivity contribution in [3.63, 3.8) is 0 Å². The molecular formula is C17H14N4O4S. The van der Waals surface area contributed by atoms with E-state index in [-0.39, 0.29) is 11.0 Å². The quantitative estimate of drug-likeness (QED) is 0.413. The van der Waals surface area contributed by atoms with Crippen LogP contribution in [0.1, 0.15) is 16.0 Å². The SMILES string of the molecule is Cc1ccc(-c2nnc(NC(=O)/C=C/c3ccc([N+](=O)[O-])s3)o2)c(C)c1. The maximum atomic E-state index is 11.9. The second kappa shape index (κ2) is 7.28. The van der Waals surface area contributed by atoms with Crippen LogP contribution in [0, 0.1) is 24.0 Å². The molecule has 1 amide bonds. The third-order valence-corrected chi connectivity index (χ3v) is 4.46. The second-order valence-corrected chi connectivity index (χ2v) is 6.58. The van der Waals surface area contributed by atoms with Crippen molar-refractivity contribution in [3.8, 4) is 11.5 Å². The standard InChI is InChI=1S/C17H14N4O4S/c1-10-3-6-13(11(2)9-10)16-19-20-17(25-16)18-14(22)7-4-12-5-8-15(26-12)21(23)24/h3-9H,1-2H3,(H,18,20,22)/b7-4+. The first-order valence-corrected chi connectivity index (χ1v) is 8.38.